The van der Waals surface area contributed by atoms with Gasteiger partial charge < -0.3 is 40.0 Å². The number of hydrogen-bond donors (Lipinski definition) is 5. The first kappa shape index (κ1) is 78.7. The van der Waals surface area contributed by atoms with Gasteiger partial charge in [0.2, 0.25) is 0 Å². The third kappa shape index (κ3) is 22.3. The van der Waals surface area contributed by atoms with Crippen LogP contribution >= 0.6 is 148 Å². The van der Waals surface area contributed by atoms with Crippen molar-refractivity contribution in [2.24, 2.45) is 0 Å². The first-order valence-electron chi connectivity index (χ1n) is 28.0. The molecule has 3 heterocycles. The number of nitrogen functional groups attached to an aromatic ring is 1. The van der Waals surface area contributed by atoms with Crippen molar-refractivity contribution in [3.05, 3.63) is 274 Å². The number of aliphatic hydroxyl groups is 2. The average molecular weight is 1630 g/mol. The minimum atomic E-state index is -0.682. The summed E-state index contributed by atoms with van der Waals surface area (Å²) >= 11 is 65.6. The average Bonchev–Trinajstić information content (AvgIpc) is 1.67. The number of para-hydroxylation sites is 3. The molecule has 3 aliphatic rings. The largest absolute Gasteiger partial charge is 0.466 e. The van der Waals surface area contributed by atoms with E-state index < -0.39 is 17.8 Å². The molecule has 0 saturated carbocycles. The number of nitrogens with zero attached hydrogens (tertiary/aromatic N) is 2. The van der Waals surface area contributed by atoms with Gasteiger partial charge in [-0.15, -0.1) is 0 Å². The molecule has 15 nitrogen and oxygen atoms in total. The fraction of sp³-hybridized carbons (Fsp3) is 0.145. The highest BCUT2D eigenvalue weighted by molar-refractivity contribution is 9.09. The fourth-order valence-electron chi connectivity index (χ4n) is 9.15. The lowest BCUT2D eigenvalue weighted by molar-refractivity contribution is -0.135. The number of benzene rings is 8. The number of ether oxygens (including phenoxy) is 3. The quantitative estimate of drug-likeness (QED) is 0.0112. The summed E-state index contributed by atoms with van der Waals surface area (Å²) in [5.41, 5.74) is 21.1. The van der Waals surface area contributed by atoms with E-state index in [1.54, 1.807) is 41.9 Å². The Hall–Kier alpha value is -6.33. The van der Waals surface area contributed by atoms with Crippen LogP contribution in [-0.2, 0) is 78.6 Å². The molecule has 0 radical (unpaired) electrons. The number of carbonyl (C=O) groups excluding carboxylic acids is 5. The number of nitrogens with one attached hydrogen (secondary N) is 1. The zero-order valence-electron chi connectivity index (χ0n) is 50.4. The molecule has 0 fully saturated rings. The minimum Gasteiger partial charge on any atom is -0.466 e. The maximum atomic E-state index is 11.3. The molecule has 0 spiro atoms. The lowest BCUT2D eigenvalue weighted by atomic mass is 10.1. The number of carbonyl (C=O) groups is 5. The Morgan fingerprint density at radius 1 is 0.479 bits per heavy atom. The molecule has 11 rings (SSSR count). The second kappa shape index (κ2) is 38.7. The van der Waals surface area contributed by atoms with Crippen molar-refractivity contribution in [3.63, 3.8) is 0 Å². The molecule has 0 aromatic heterocycles. The molecule has 0 saturated heterocycles. The van der Waals surface area contributed by atoms with Crippen molar-refractivity contribution in [1.82, 2.24) is 5.48 Å². The number of cyclic esters (lactones) is 2. The lowest BCUT2D eigenvalue weighted by Gasteiger charge is -2.20. The fourth-order valence-corrected chi connectivity index (χ4v) is 12.0. The van der Waals surface area contributed by atoms with Crippen LogP contribution in [0.5, 0.6) is 0 Å². The van der Waals surface area contributed by atoms with Crippen LogP contribution in [0.25, 0.3) is 18.2 Å². The van der Waals surface area contributed by atoms with Gasteiger partial charge in [0.25, 0.3) is 5.91 Å². The number of hydrogen-bond acceptors (Lipinski definition) is 14. The molecule has 0 bridgehead atoms. The van der Waals surface area contributed by atoms with Crippen molar-refractivity contribution in [3.8, 4) is 0 Å². The van der Waals surface area contributed by atoms with Crippen LogP contribution in [0.2, 0.25) is 50.2 Å². The van der Waals surface area contributed by atoms with Crippen molar-refractivity contribution in [1.29, 1.82) is 0 Å². The zero-order chi connectivity index (χ0) is 70.3. The highest BCUT2D eigenvalue weighted by Gasteiger charge is 2.31. The van der Waals surface area contributed by atoms with E-state index in [0.717, 1.165) is 76.0 Å². The Morgan fingerprint density at radius 3 is 1.11 bits per heavy atom. The van der Waals surface area contributed by atoms with Crippen LogP contribution in [0.15, 0.2) is 152 Å². The maximum absolute atomic E-state index is 11.3. The van der Waals surface area contributed by atoms with Crippen LogP contribution in [0.1, 0.15) is 81.9 Å². The summed E-state index contributed by atoms with van der Waals surface area (Å²) in [6, 6.07) is 40.1. The Labute approximate surface area is 620 Å². The van der Waals surface area contributed by atoms with Crippen LogP contribution in [0.4, 0.5) is 17.1 Å². The Balaban J connectivity index is 0.000000187. The number of anilines is 3. The van der Waals surface area contributed by atoms with Crippen LogP contribution in [0.3, 0.4) is 0 Å². The van der Waals surface area contributed by atoms with Crippen molar-refractivity contribution in [2.45, 2.75) is 50.1 Å². The van der Waals surface area contributed by atoms with Crippen molar-refractivity contribution >= 4 is 213 Å². The predicted molar refractivity (Wildman–Crippen MR) is 394 cm³/mol. The molecule has 502 valence electrons. The van der Waals surface area contributed by atoms with Crippen LogP contribution in [-0.4, -0.2) is 59.4 Å². The van der Waals surface area contributed by atoms with Gasteiger partial charge in [-0.25, -0.2) is 24.7 Å². The minimum absolute atomic E-state index is 0.146. The van der Waals surface area contributed by atoms with E-state index in [9.17, 15) is 24.0 Å². The standard InChI is InChI=1S/C18H15Cl2NO2.C17H14Cl2N2O2.C10H11NO2.C8H6Br2Cl2.C8H2Cl2O3.C8H8Cl2O2/c1-23-18(22)7-6-12-4-2-3-5-17(12)21-10-13-8-15(19)16(20)9-14(13)11-21;18-14-7-12-9-21(10-13(12)8-15(14)19)16-4-2-1-3-11(16)5-6-17(22)20-23;1-13-10(12)7-6-8-4-2-3-5-9(8)11;9-3-5-1-7(11)8(12)2-6(5)4-10;9-5-1-3-4(2-6(5)10)8(12)13-7(3)11;9-7-1-5(3-11)6(4-12)2-8(7)10/h2-9H,10-11H2,1H3;1-8,23H,9-10H2,(H,20,22);2-7H,11H2,1H3;1-2H,3-4H2;1-2H;1-2,11-12H,3-4H2/b7-6+;6-5+;7-6+;;;. The van der Waals surface area contributed by atoms with Crippen LogP contribution in [0, 0.1) is 0 Å². The highest BCUT2D eigenvalue weighted by atomic mass is 79.9. The number of methoxy groups -OCH3 is 2. The summed E-state index contributed by atoms with van der Waals surface area (Å²) in [4.78, 5) is 59.7. The van der Waals surface area contributed by atoms with Gasteiger partial charge in [0.15, 0.2) is 0 Å². The number of alkyl halides is 2. The number of rotatable bonds is 12. The maximum Gasteiger partial charge on any atom is 0.346 e. The SMILES string of the molecule is COC(=O)/C=C/c1ccccc1N.COC(=O)/C=C/c1ccccc1N1Cc2cc(Cl)c(Cl)cc2C1.Clc1cc(CBr)c(CBr)cc1Cl.O=C(/C=C/c1ccccc1N1Cc2cc(Cl)c(Cl)cc2C1)NO.O=C1OC(=O)c2cc(Cl)c(Cl)cc21.OCc1cc(Cl)c(Cl)cc1CO. The van der Waals surface area contributed by atoms with Gasteiger partial charge in [-0.3, -0.25) is 10.0 Å². The van der Waals surface area contributed by atoms with E-state index in [0.29, 0.717) is 57.0 Å². The van der Waals surface area contributed by atoms with E-state index in [2.05, 4.69) is 55.9 Å². The number of aliphatic hydroxyl groups excluding tert-OH is 2. The van der Waals surface area contributed by atoms with E-state index in [1.165, 1.54) is 66.8 Å². The summed E-state index contributed by atoms with van der Waals surface area (Å²) in [5, 5.41) is 32.6. The van der Waals surface area contributed by atoms with Gasteiger partial charge in [0, 0.05) is 72.1 Å². The lowest BCUT2D eigenvalue weighted by Crippen LogP contribution is -2.16. The molecule has 96 heavy (non-hydrogen) atoms. The second-order valence-electron chi connectivity index (χ2n) is 20.2. The van der Waals surface area contributed by atoms with E-state index in [1.807, 2.05) is 103 Å². The molecular formula is C69H56Br2Cl10N4O11. The van der Waals surface area contributed by atoms with Crippen molar-refractivity contribution < 1.29 is 53.6 Å². The van der Waals surface area contributed by atoms with E-state index in [-0.39, 0.29) is 46.3 Å². The monoisotopic (exact) mass is 1620 g/mol. The Morgan fingerprint density at radius 2 is 0.781 bits per heavy atom. The Bertz CT molecular complexity index is 3900. The first-order valence-corrected chi connectivity index (χ1v) is 34.0. The van der Waals surface area contributed by atoms with Gasteiger partial charge >= 0.3 is 23.9 Å². The van der Waals surface area contributed by atoms with Gasteiger partial charge in [0.1, 0.15) is 0 Å². The number of amides is 1. The normalized spacial score (nSPS) is 12.3. The molecule has 0 aliphatic carbocycles. The third-order valence-electron chi connectivity index (χ3n) is 14.0. The second-order valence-corrected chi connectivity index (χ2v) is 25.4. The van der Waals surface area contributed by atoms with Crippen LogP contribution < -0.4 is 21.0 Å². The van der Waals surface area contributed by atoms with Gasteiger partial charge in [0.05, 0.1) is 88.8 Å². The molecule has 0 atom stereocenters. The topological polar surface area (TPSA) is 218 Å². The Kier molecular flexibility index (Phi) is 31.7. The molecular weight excluding hydrogens is 1580 g/mol. The molecule has 0 unspecified atom stereocenters. The first-order chi connectivity index (χ1) is 45.9. The number of esters is 4. The molecule has 27 heteroatoms. The summed E-state index contributed by atoms with van der Waals surface area (Å²) in [6.45, 7) is 2.68. The molecule has 1 amide bonds. The van der Waals surface area contributed by atoms with Crippen molar-refractivity contribution in [2.75, 3.05) is 29.8 Å². The molecule has 6 N–H and O–H groups in total. The van der Waals surface area contributed by atoms with Gasteiger partial charge in [-0.05, 0) is 158 Å². The predicted octanol–water partition coefficient (Wildman–Crippen LogP) is 19.3. The number of nitrogens with two attached hydrogens (primary N) is 1. The summed E-state index contributed by atoms with van der Waals surface area (Å²) < 4.78 is 13.4. The summed E-state index contributed by atoms with van der Waals surface area (Å²) in [5.74, 6) is -2.69. The summed E-state index contributed by atoms with van der Waals surface area (Å²) in [7, 11) is 2.70. The van der Waals surface area contributed by atoms with E-state index >= 15 is 0 Å². The number of fused-ring (bicyclic) bond motifs is 3. The molecule has 8 aromatic carbocycles. The van der Waals surface area contributed by atoms with E-state index in [4.69, 9.17) is 137 Å². The summed E-state index contributed by atoms with van der Waals surface area (Å²) in [6.07, 6.45) is 9.12. The molecule has 8 aromatic rings. The highest BCUT2D eigenvalue weighted by Crippen LogP contribution is 2.38. The molecule has 3 aliphatic heterocycles. The third-order valence-corrected chi connectivity index (χ3v) is 18.8. The zero-order valence-corrected chi connectivity index (χ0v) is 61.2. The van der Waals surface area contributed by atoms with Gasteiger partial charge in [-0.2, -0.15) is 0 Å². The number of hydroxylamine groups is 1. The number of halogens is 12. The van der Waals surface area contributed by atoms with Gasteiger partial charge in [-0.1, -0.05) is 202 Å². The smallest absolute Gasteiger partial charge is 0.346 e.